The first-order valence-corrected chi connectivity index (χ1v) is 9.28. The summed E-state index contributed by atoms with van der Waals surface area (Å²) in [5, 5.41) is 10.5. The predicted octanol–water partition coefficient (Wildman–Crippen LogP) is 1.18. The molecule has 2 aromatic rings. The van der Waals surface area contributed by atoms with E-state index < -0.39 is 6.04 Å². The molecule has 28 heavy (non-hydrogen) atoms. The van der Waals surface area contributed by atoms with E-state index >= 15 is 0 Å². The number of amides is 2. The van der Waals surface area contributed by atoms with Gasteiger partial charge in [-0.05, 0) is 39.0 Å². The smallest absolute Gasteiger partial charge is 0.282 e. The van der Waals surface area contributed by atoms with Crippen molar-refractivity contribution in [3.05, 3.63) is 34.6 Å². The van der Waals surface area contributed by atoms with Crippen LogP contribution in [0.25, 0.3) is 0 Å². The summed E-state index contributed by atoms with van der Waals surface area (Å²) in [7, 11) is 5.14. The Labute approximate surface area is 169 Å². The summed E-state index contributed by atoms with van der Waals surface area (Å²) in [6, 6.07) is 4.55. The quantitative estimate of drug-likeness (QED) is 0.641. The zero-order valence-corrected chi connectivity index (χ0v) is 17.8. The molecule has 9 heteroatoms. The van der Waals surface area contributed by atoms with Gasteiger partial charge < -0.3 is 20.3 Å². The lowest BCUT2D eigenvalue weighted by Crippen LogP contribution is -3.14. The zero-order valence-electron chi connectivity index (χ0n) is 17.0. The number of quaternary nitrogens is 1. The fourth-order valence-corrected chi connectivity index (χ4v) is 2.96. The first kappa shape index (κ1) is 21.7. The summed E-state index contributed by atoms with van der Waals surface area (Å²) in [5.41, 5.74) is 2.83. The van der Waals surface area contributed by atoms with Gasteiger partial charge in [-0.2, -0.15) is 5.10 Å². The van der Waals surface area contributed by atoms with Crippen molar-refractivity contribution < 1.29 is 19.2 Å². The van der Waals surface area contributed by atoms with E-state index in [0.29, 0.717) is 22.1 Å². The van der Waals surface area contributed by atoms with E-state index in [1.54, 1.807) is 36.9 Å². The number of halogens is 1. The average molecular weight is 409 g/mol. The third-order valence-corrected chi connectivity index (χ3v) is 5.00. The number of nitrogens with one attached hydrogen (secondary N) is 3. The monoisotopic (exact) mass is 408 g/mol. The number of nitrogens with zero attached hydrogens (tertiary/aromatic N) is 2. The van der Waals surface area contributed by atoms with Gasteiger partial charge in [-0.1, -0.05) is 11.6 Å². The van der Waals surface area contributed by atoms with Crippen molar-refractivity contribution >= 4 is 34.8 Å². The van der Waals surface area contributed by atoms with E-state index in [1.807, 2.05) is 20.9 Å². The lowest BCUT2D eigenvalue weighted by atomic mass is 10.2. The molecule has 0 spiro atoms. The van der Waals surface area contributed by atoms with Crippen LogP contribution in [0.15, 0.2) is 18.2 Å². The standard InChI is InChI=1S/C19H26ClN5O3/c1-11-18(12(2)25(5)23-11)22-19(27)13(3)24(4)10-17(26)21-15-9-14(20)7-8-16(15)28-6/h7-9,13H,10H2,1-6H3,(H,21,26)(H,22,27)/p+1/t13-/m0/s1. The molecular weight excluding hydrogens is 382 g/mol. The van der Waals surface area contributed by atoms with Crippen molar-refractivity contribution in [1.82, 2.24) is 9.78 Å². The fourth-order valence-electron chi connectivity index (χ4n) is 2.79. The number of methoxy groups -OCH3 is 1. The van der Waals surface area contributed by atoms with Gasteiger partial charge >= 0.3 is 0 Å². The second kappa shape index (κ2) is 9.07. The van der Waals surface area contributed by atoms with Crippen LogP contribution in [0.2, 0.25) is 5.02 Å². The summed E-state index contributed by atoms with van der Waals surface area (Å²) in [6.45, 7) is 5.62. The number of benzene rings is 1. The summed E-state index contributed by atoms with van der Waals surface area (Å²) in [6.07, 6.45) is 0. The Kier molecular flexibility index (Phi) is 7.04. The minimum Gasteiger partial charge on any atom is -0.495 e. The molecule has 0 aliphatic carbocycles. The molecule has 152 valence electrons. The molecule has 0 saturated heterocycles. The minimum absolute atomic E-state index is 0.106. The molecule has 3 N–H and O–H groups in total. The summed E-state index contributed by atoms with van der Waals surface area (Å²) >= 11 is 5.99. The van der Waals surface area contributed by atoms with Gasteiger partial charge in [0.2, 0.25) is 0 Å². The highest BCUT2D eigenvalue weighted by atomic mass is 35.5. The molecule has 0 saturated carbocycles. The molecule has 0 bridgehead atoms. The number of hydrogen-bond acceptors (Lipinski definition) is 4. The Morgan fingerprint density at radius 2 is 2.00 bits per heavy atom. The van der Waals surface area contributed by atoms with E-state index in [9.17, 15) is 9.59 Å². The molecule has 0 radical (unpaired) electrons. The van der Waals surface area contributed by atoms with Gasteiger partial charge in [0, 0.05) is 12.1 Å². The second-order valence-corrected chi connectivity index (χ2v) is 7.23. The third-order valence-electron chi connectivity index (χ3n) is 4.76. The maximum atomic E-state index is 12.6. The number of ether oxygens (including phenoxy) is 1. The Balaban J connectivity index is 1.99. The van der Waals surface area contributed by atoms with Gasteiger partial charge in [-0.15, -0.1) is 0 Å². The molecule has 0 fully saturated rings. The number of aromatic nitrogens is 2. The van der Waals surface area contributed by atoms with Crippen LogP contribution >= 0.6 is 11.6 Å². The first-order valence-electron chi connectivity index (χ1n) is 8.90. The van der Waals surface area contributed by atoms with Gasteiger partial charge in [0.1, 0.15) is 5.75 Å². The maximum Gasteiger partial charge on any atom is 0.282 e. The molecule has 0 aliphatic heterocycles. The number of carbonyl (C=O) groups excluding carboxylic acids is 2. The molecule has 1 aromatic heterocycles. The van der Waals surface area contributed by atoms with Crippen LogP contribution in [-0.4, -0.2) is 48.3 Å². The van der Waals surface area contributed by atoms with Crippen molar-refractivity contribution in [2.45, 2.75) is 26.8 Å². The highest BCUT2D eigenvalue weighted by Gasteiger charge is 2.26. The number of carbonyl (C=O) groups is 2. The van der Waals surface area contributed by atoms with Crippen LogP contribution in [0.4, 0.5) is 11.4 Å². The Bertz CT molecular complexity index is 881. The molecule has 2 rings (SSSR count). The SMILES string of the molecule is COc1ccc(Cl)cc1NC(=O)C[NH+](C)[C@@H](C)C(=O)Nc1c(C)nn(C)c1C. The van der Waals surface area contributed by atoms with Crippen LogP contribution in [0, 0.1) is 13.8 Å². The summed E-state index contributed by atoms with van der Waals surface area (Å²) < 4.78 is 6.95. The average Bonchev–Trinajstić information content (AvgIpc) is 2.87. The number of aryl methyl sites for hydroxylation is 2. The topological polar surface area (TPSA) is 89.7 Å². The molecule has 1 aromatic carbocycles. The molecule has 1 heterocycles. The van der Waals surface area contributed by atoms with Gasteiger partial charge in [-0.3, -0.25) is 14.3 Å². The van der Waals surface area contributed by atoms with E-state index in [0.717, 1.165) is 16.3 Å². The Morgan fingerprint density at radius 3 is 2.57 bits per heavy atom. The normalized spacial score (nSPS) is 13.0. The summed E-state index contributed by atoms with van der Waals surface area (Å²) in [5.74, 6) is 0.0972. The van der Waals surface area contributed by atoms with Gasteiger partial charge in [0.25, 0.3) is 11.8 Å². The van der Waals surface area contributed by atoms with E-state index in [-0.39, 0.29) is 18.4 Å². The minimum atomic E-state index is -0.439. The molecule has 2 amide bonds. The largest absolute Gasteiger partial charge is 0.495 e. The predicted molar refractivity (Wildman–Crippen MR) is 109 cm³/mol. The number of anilines is 2. The molecule has 8 nitrogen and oxygen atoms in total. The molecule has 0 aliphatic rings. The van der Waals surface area contributed by atoms with Crippen LogP contribution in [0.5, 0.6) is 5.75 Å². The van der Waals surface area contributed by atoms with Crippen LogP contribution in [0.3, 0.4) is 0 Å². The number of likely N-dealkylation sites (N-methyl/N-ethyl adjacent to an activating group) is 1. The fraction of sp³-hybridized carbons (Fsp3) is 0.421. The van der Waals surface area contributed by atoms with Crippen LogP contribution in [-0.2, 0) is 16.6 Å². The number of hydrogen-bond donors (Lipinski definition) is 3. The van der Waals surface area contributed by atoms with Crippen LogP contribution in [0.1, 0.15) is 18.3 Å². The van der Waals surface area contributed by atoms with Crippen molar-refractivity contribution in [1.29, 1.82) is 0 Å². The van der Waals surface area contributed by atoms with Crippen molar-refractivity contribution in [2.75, 3.05) is 31.3 Å². The lowest BCUT2D eigenvalue weighted by molar-refractivity contribution is -0.885. The van der Waals surface area contributed by atoms with E-state index in [1.165, 1.54) is 7.11 Å². The summed E-state index contributed by atoms with van der Waals surface area (Å²) in [4.78, 5) is 25.8. The van der Waals surface area contributed by atoms with Gasteiger partial charge in [0.15, 0.2) is 12.6 Å². The maximum absolute atomic E-state index is 12.6. The van der Waals surface area contributed by atoms with Crippen LogP contribution < -0.4 is 20.3 Å². The van der Waals surface area contributed by atoms with Crippen molar-refractivity contribution in [3.8, 4) is 5.75 Å². The Morgan fingerprint density at radius 1 is 1.32 bits per heavy atom. The van der Waals surface area contributed by atoms with Crippen molar-refractivity contribution in [3.63, 3.8) is 0 Å². The van der Waals surface area contributed by atoms with Crippen molar-refractivity contribution in [2.24, 2.45) is 7.05 Å². The van der Waals surface area contributed by atoms with Gasteiger partial charge in [0.05, 0.1) is 36.9 Å². The Hall–Kier alpha value is -2.58. The lowest BCUT2D eigenvalue weighted by Gasteiger charge is -2.21. The molecular formula is C19H27ClN5O3+. The highest BCUT2D eigenvalue weighted by Crippen LogP contribution is 2.27. The second-order valence-electron chi connectivity index (χ2n) is 6.80. The zero-order chi connectivity index (χ0) is 21.0. The van der Waals surface area contributed by atoms with E-state index in [4.69, 9.17) is 16.3 Å². The van der Waals surface area contributed by atoms with E-state index in [2.05, 4.69) is 15.7 Å². The number of rotatable bonds is 7. The molecule has 1 unspecified atom stereocenters. The van der Waals surface area contributed by atoms with Gasteiger partial charge in [-0.25, -0.2) is 0 Å². The third kappa shape index (κ3) is 5.02. The molecule has 2 atom stereocenters. The highest BCUT2D eigenvalue weighted by molar-refractivity contribution is 6.31. The first-order chi connectivity index (χ1) is 13.1.